The third kappa shape index (κ3) is 5.79. The second-order valence-electron chi connectivity index (χ2n) is 10.7. The Balaban J connectivity index is 1.46. The first kappa shape index (κ1) is 22.6. The normalized spacial score (nSPS) is 22.6. The maximum atomic E-state index is 2.75. The molecule has 0 bridgehead atoms. The van der Waals surface area contributed by atoms with Gasteiger partial charge in [-0.1, -0.05) is 80.8 Å². The summed E-state index contributed by atoms with van der Waals surface area (Å²) in [6.45, 7) is 6.29. The quantitative estimate of drug-likeness (QED) is 0.506. The van der Waals surface area contributed by atoms with Gasteiger partial charge in [-0.15, -0.1) is 0 Å². The number of rotatable bonds is 8. The van der Waals surface area contributed by atoms with Crippen molar-refractivity contribution < 1.29 is 0 Å². The predicted molar refractivity (Wildman–Crippen MR) is 133 cm³/mol. The Morgan fingerprint density at radius 3 is 2.16 bits per heavy atom. The Hall–Kier alpha value is -1.64. The third-order valence-corrected chi connectivity index (χ3v) is 8.18. The van der Waals surface area contributed by atoms with E-state index in [0.717, 1.165) is 18.9 Å². The summed E-state index contributed by atoms with van der Waals surface area (Å²) in [4.78, 5) is 5.16. The molecule has 1 aliphatic heterocycles. The second kappa shape index (κ2) is 10.3. The average Bonchev–Trinajstić information content (AvgIpc) is 3.27. The van der Waals surface area contributed by atoms with Crippen LogP contribution < -0.4 is 0 Å². The largest absolute Gasteiger partial charge is 0.305 e. The molecule has 2 nitrogen and oxygen atoms in total. The molecule has 1 saturated heterocycles. The molecule has 2 heteroatoms. The number of hydrogen-bond acceptors (Lipinski definition) is 2. The van der Waals surface area contributed by atoms with E-state index in [4.69, 9.17) is 0 Å². The van der Waals surface area contributed by atoms with Crippen molar-refractivity contribution in [2.45, 2.75) is 70.3 Å². The van der Waals surface area contributed by atoms with E-state index >= 15 is 0 Å². The van der Waals surface area contributed by atoms with Crippen LogP contribution in [0.4, 0.5) is 0 Å². The Labute approximate surface area is 190 Å². The van der Waals surface area contributed by atoms with Crippen LogP contribution in [0.1, 0.15) is 68.1 Å². The van der Waals surface area contributed by atoms with E-state index in [-0.39, 0.29) is 0 Å². The van der Waals surface area contributed by atoms with Crippen LogP contribution in [0.15, 0.2) is 54.6 Å². The zero-order valence-electron chi connectivity index (χ0n) is 20.0. The van der Waals surface area contributed by atoms with Gasteiger partial charge in [0.1, 0.15) is 0 Å². The number of likely N-dealkylation sites (N-methyl/N-ethyl adjacent to an activating group) is 1. The van der Waals surface area contributed by atoms with Crippen molar-refractivity contribution in [3.05, 3.63) is 71.3 Å². The molecule has 1 aliphatic carbocycles. The molecule has 0 spiro atoms. The van der Waals surface area contributed by atoms with Crippen LogP contribution >= 0.6 is 0 Å². The molecule has 31 heavy (non-hydrogen) atoms. The maximum absolute atomic E-state index is 2.75. The molecule has 1 saturated carbocycles. The highest BCUT2D eigenvalue weighted by Crippen LogP contribution is 2.47. The standard InChI is InChI=1S/C29H42N2/c1-29(19-8-5-9-20-29)28(23-31-21-18-27(22-31)30(2)3)26-16-14-25(15-17-26)13-12-24-10-6-4-7-11-24/h4,6-7,10-11,14-17,27-28H,5,8-9,12-13,18-23H2,1-3H3. The first-order chi connectivity index (χ1) is 15.0. The topological polar surface area (TPSA) is 6.48 Å². The maximum Gasteiger partial charge on any atom is 0.0229 e. The molecule has 0 amide bonds. The highest BCUT2D eigenvalue weighted by Gasteiger charge is 2.38. The molecule has 2 aromatic rings. The highest BCUT2D eigenvalue weighted by atomic mass is 15.2. The van der Waals surface area contributed by atoms with Gasteiger partial charge in [0.2, 0.25) is 0 Å². The van der Waals surface area contributed by atoms with E-state index < -0.39 is 0 Å². The van der Waals surface area contributed by atoms with Gasteiger partial charge in [0, 0.05) is 25.0 Å². The fourth-order valence-electron chi connectivity index (χ4n) is 5.94. The Morgan fingerprint density at radius 2 is 1.55 bits per heavy atom. The summed E-state index contributed by atoms with van der Waals surface area (Å²) in [7, 11) is 4.48. The van der Waals surface area contributed by atoms with E-state index in [9.17, 15) is 0 Å². The molecule has 2 atom stereocenters. The third-order valence-electron chi connectivity index (χ3n) is 8.18. The molecule has 0 N–H and O–H groups in total. The van der Waals surface area contributed by atoms with Crippen molar-refractivity contribution in [2.24, 2.45) is 5.41 Å². The Morgan fingerprint density at radius 1 is 0.903 bits per heavy atom. The fraction of sp³-hybridized carbons (Fsp3) is 0.586. The number of benzene rings is 2. The lowest BCUT2D eigenvalue weighted by Crippen LogP contribution is -2.38. The molecular weight excluding hydrogens is 376 g/mol. The van der Waals surface area contributed by atoms with Crippen molar-refractivity contribution in [3.8, 4) is 0 Å². The second-order valence-corrected chi connectivity index (χ2v) is 10.7. The average molecular weight is 419 g/mol. The lowest BCUT2D eigenvalue weighted by Gasteiger charge is -2.43. The van der Waals surface area contributed by atoms with E-state index in [1.165, 1.54) is 69.3 Å². The molecule has 2 aliphatic rings. The SMILES string of the molecule is CN(C)C1CCN(CC(c2ccc(CCc3ccccc3)cc2)C2(C)CCCCC2)C1. The summed E-state index contributed by atoms with van der Waals surface area (Å²) < 4.78 is 0. The van der Waals surface area contributed by atoms with Gasteiger partial charge in [-0.2, -0.15) is 0 Å². The lowest BCUT2D eigenvalue weighted by atomic mass is 9.65. The molecule has 4 rings (SSSR count). The number of nitrogens with zero attached hydrogens (tertiary/aromatic N) is 2. The van der Waals surface area contributed by atoms with Crippen molar-refractivity contribution >= 4 is 0 Å². The number of likely N-dealkylation sites (tertiary alicyclic amines) is 1. The highest BCUT2D eigenvalue weighted by molar-refractivity contribution is 5.29. The van der Waals surface area contributed by atoms with Crippen molar-refractivity contribution in [1.82, 2.24) is 9.80 Å². The minimum Gasteiger partial charge on any atom is -0.305 e. The molecule has 2 fully saturated rings. The molecule has 2 aromatic carbocycles. The van der Waals surface area contributed by atoms with Crippen LogP contribution in [0.3, 0.4) is 0 Å². The fourth-order valence-corrected chi connectivity index (χ4v) is 5.94. The zero-order chi connectivity index (χ0) is 21.7. The summed E-state index contributed by atoms with van der Waals surface area (Å²) in [6.07, 6.45) is 10.6. The smallest absolute Gasteiger partial charge is 0.0229 e. The molecule has 168 valence electrons. The van der Waals surface area contributed by atoms with Crippen LogP contribution in [0.5, 0.6) is 0 Å². The van der Waals surface area contributed by atoms with Crippen LogP contribution in [-0.4, -0.2) is 49.6 Å². The Kier molecular flexibility index (Phi) is 7.51. The first-order valence-corrected chi connectivity index (χ1v) is 12.5. The summed E-state index contributed by atoms with van der Waals surface area (Å²) in [5.41, 5.74) is 4.92. The van der Waals surface area contributed by atoms with E-state index in [1.807, 2.05) is 0 Å². The van der Waals surface area contributed by atoms with Crippen molar-refractivity contribution in [2.75, 3.05) is 33.7 Å². The zero-order valence-corrected chi connectivity index (χ0v) is 20.0. The van der Waals surface area contributed by atoms with Gasteiger partial charge < -0.3 is 9.80 Å². The van der Waals surface area contributed by atoms with E-state index in [1.54, 1.807) is 5.56 Å². The van der Waals surface area contributed by atoms with Crippen molar-refractivity contribution in [1.29, 1.82) is 0 Å². The summed E-state index contributed by atoms with van der Waals surface area (Å²) in [5, 5.41) is 0. The van der Waals surface area contributed by atoms with Crippen molar-refractivity contribution in [3.63, 3.8) is 0 Å². The van der Waals surface area contributed by atoms with Crippen LogP contribution in [0.25, 0.3) is 0 Å². The van der Waals surface area contributed by atoms with Gasteiger partial charge in [0.25, 0.3) is 0 Å². The van der Waals surface area contributed by atoms with Gasteiger partial charge in [-0.3, -0.25) is 0 Å². The van der Waals surface area contributed by atoms with Crippen LogP contribution in [0, 0.1) is 5.41 Å². The van der Waals surface area contributed by atoms with Gasteiger partial charge in [-0.25, -0.2) is 0 Å². The molecular formula is C29H42N2. The molecule has 0 radical (unpaired) electrons. The lowest BCUT2D eigenvalue weighted by molar-refractivity contribution is 0.132. The monoisotopic (exact) mass is 418 g/mol. The molecule has 1 heterocycles. The van der Waals surface area contributed by atoms with Crippen LogP contribution in [-0.2, 0) is 12.8 Å². The molecule has 0 aromatic heterocycles. The van der Waals surface area contributed by atoms with Gasteiger partial charge in [-0.05, 0) is 74.8 Å². The minimum atomic E-state index is 0.444. The summed E-state index contributed by atoms with van der Waals surface area (Å²) in [6, 6.07) is 21.3. The molecule has 2 unspecified atom stereocenters. The van der Waals surface area contributed by atoms with E-state index in [0.29, 0.717) is 11.3 Å². The Bertz CT molecular complexity index is 789. The predicted octanol–water partition coefficient (Wildman–Crippen LogP) is 6.16. The number of hydrogen-bond donors (Lipinski definition) is 0. The van der Waals surface area contributed by atoms with Gasteiger partial charge in [0.15, 0.2) is 0 Å². The van der Waals surface area contributed by atoms with Crippen LogP contribution in [0.2, 0.25) is 0 Å². The number of aryl methyl sites for hydroxylation is 2. The summed E-state index contributed by atoms with van der Waals surface area (Å²) in [5.74, 6) is 0.650. The first-order valence-electron chi connectivity index (χ1n) is 12.5. The summed E-state index contributed by atoms with van der Waals surface area (Å²) >= 11 is 0. The van der Waals surface area contributed by atoms with Gasteiger partial charge >= 0.3 is 0 Å². The minimum absolute atomic E-state index is 0.444. The van der Waals surface area contributed by atoms with Gasteiger partial charge in [0.05, 0.1) is 0 Å². The van der Waals surface area contributed by atoms with E-state index in [2.05, 4.69) is 85.4 Å².